The van der Waals surface area contributed by atoms with Crippen molar-refractivity contribution in [2.75, 3.05) is 6.54 Å². The van der Waals surface area contributed by atoms with Crippen molar-refractivity contribution < 1.29 is 4.79 Å². The Morgan fingerprint density at radius 2 is 2.11 bits per heavy atom. The van der Waals surface area contributed by atoms with Crippen LogP contribution in [-0.2, 0) is 11.2 Å². The predicted molar refractivity (Wildman–Crippen MR) is 74.8 cm³/mol. The Morgan fingerprint density at radius 1 is 1.32 bits per heavy atom. The topological polar surface area (TPSA) is 57.8 Å². The Balaban J connectivity index is 1.53. The number of para-hydroxylation sites is 2. The third kappa shape index (κ3) is 2.78. The molecule has 2 aromatic rings. The Bertz CT molecular complexity index is 537. The average Bonchev–Trinajstić information content (AvgIpc) is 3.07. The summed E-state index contributed by atoms with van der Waals surface area (Å²) in [5, 5.41) is 3.02. The van der Waals surface area contributed by atoms with Crippen LogP contribution in [0.25, 0.3) is 11.0 Å². The van der Waals surface area contributed by atoms with Crippen molar-refractivity contribution in [2.24, 2.45) is 5.92 Å². The van der Waals surface area contributed by atoms with E-state index in [1.54, 1.807) is 0 Å². The van der Waals surface area contributed by atoms with Crippen LogP contribution in [0.1, 0.15) is 31.5 Å². The second-order valence-electron chi connectivity index (χ2n) is 5.22. The maximum atomic E-state index is 11.9. The molecule has 0 saturated heterocycles. The van der Waals surface area contributed by atoms with E-state index >= 15 is 0 Å². The first-order chi connectivity index (χ1) is 9.33. The fraction of sp³-hybridized carbons (Fsp3) is 0.467. The van der Waals surface area contributed by atoms with Crippen molar-refractivity contribution in [2.45, 2.75) is 32.1 Å². The van der Waals surface area contributed by atoms with Gasteiger partial charge in [-0.2, -0.15) is 0 Å². The molecule has 1 aromatic heterocycles. The van der Waals surface area contributed by atoms with Crippen molar-refractivity contribution >= 4 is 16.9 Å². The van der Waals surface area contributed by atoms with E-state index in [9.17, 15) is 4.79 Å². The molecule has 19 heavy (non-hydrogen) atoms. The van der Waals surface area contributed by atoms with Crippen LogP contribution in [0.5, 0.6) is 0 Å². The van der Waals surface area contributed by atoms with Gasteiger partial charge in [-0.15, -0.1) is 0 Å². The highest BCUT2D eigenvalue weighted by atomic mass is 16.1. The Labute approximate surface area is 112 Å². The van der Waals surface area contributed by atoms with Gasteiger partial charge in [0.05, 0.1) is 11.0 Å². The number of rotatable bonds is 4. The van der Waals surface area contributed by atoms with Crippen molar-refractivity contribution in [1.82, 2.24) is 15.3 Å². The maximum Gasteiger partial charge on any atom is 0.223 e. The minimum absolute atomic E-state index is 0.216. The van der Waals surface area contributed by atoms with Gasteiger partial charge in [-0.3, -0.25) is 4.79 Å². The molecule has 4 heteroatoms. The summed E-state index contributed by atoms with van der Waals surface area (Å²) < 4.78 is 0. The SMILES string of the molecule is O=C(NCCc1nc2ccccc2[nH]1)C1CCCC1. The molecule has 1 aromatic carbocycles. The summed E-state index contributed by atoms with van der Waals surface area (Å²) in [6.07, 6.45) is 5.25. The number of amides is 1. The first-order valence-electron chi connectivity index (χ1n) is 7.04. The van der Waals surface area contributed by atoms with Gasteiger partial charge in [0, 0.05) is 18.9 Å². The molecule has 0 spiro atoms. The fourth-order valence-corrected chi connectivity index (χ4v) is 2.76. The molecule has 1 heterocycles. The summed E-state index contributed by atoms with van der Waals surface area (Å²) in [5.41, 5.74) is 2.04. The van der Waals surface area contributed by atoms with E-state index in [2.05, 4.69) is 15.3 Å². The average molecular weight is 257 g/mol. The Hall–Kier alpha value is -1.84. The van der Waals surface area contributed by atoms with Gasteiger partial charge in [0.15, 0.2) is 0 Å². The molecule has 0 unspecified atom stereocenters. The molecule has 1 aliphatic rings. The van der Waals surface area contributed by atoms with Crippen molar-refractivity contribution in [3.63, 3.8) is 0 Å². The summed E-state index contributed by atoms with van der Waals surface area (Å²) in [5.74, 6) is 1.40. The number of fused-ring (bicyclic) bond motifs is 1. The third-order valence-corrected chi connectivity index (χ3v) is 3.83. The minimum atomic E-state index is 0.216. The van der Waals surface area contributed by atoms with E-state index in [0.717, 1.165) is 36.1 Å². The molecule has 1 fully saturated rings. The number of carbonyl (C=O) groups excluding carboxylic acids is 1. The van der Waals surface area contributed by atoms with Crippen molar-refractivity contribution in [3.8, 4) is 0 Å². The van der Waals surface area contributed by atoms with Gasteiger partial charge in [0.1, 0.15) is 5.82 Å². The Kier molecular flexibility index (Phi) is 3.49. The van der Waals surface area contributed by atoms with Crippen molar-refractivity contribution in [3.05, 3.63) is 30.1 Å². The molecule has 1 saturated carbocycles. The lowest BCUT2D eigenvalue weighted by Crippen LogP contribution is -2.31. The lowest BCUT2D eigenvalue weighted by Gasteiger charge is -2.09. The van der Waals surface area contributed by atoms with Gasteiger partial charge in [-0.1, -0.05) is 25.0 Å². The molecule has 0 aliphatic heterocycles. The quantitative estimate of drug-likeness (QED) is 0.883. The van der Waals surface area contributed by atoms with E-state index < -0.39 is 0 Å². The normalized spacial score (nSPS) is 16.0. The number of nitrogens with one attached hydrogen (secondary N) is 2. The minimum Gasteiger partial charge on any atom is -0.355 e. The second-order valence-corrected chi connectivity index (χ2v) is 5.22. The molecule has 1 amide bonds. The number of carbonyl (C=O) groups is 1. The number of hydrogen-bond acceptors (Lipinski definition) is 2. The van der Waals surface area contributed by atoms with Crippen molar-refractivity contribution in [1.29, 1.82) is 0 Å². The molecule has 3 rings (SSSR count). The lowest BCUT2D eigenvalue weighted by molar-refractivity contribution is -0.124. The van der Waals surface area contributed by atoms with E-state index in [1.807, 2.05) is 24.3 Å². The zero-order valence-corrected chi connectivity index (χ0v) is 11.0. The summed E-state index contributed by atoms with van der Waals surface area (Å²) in [6.45, 7) is 0.662. The lowest BCUT2D eigenvalue weighted by atomic mass is 10.1. The van der Waals surface area contributed by atoms with Gasteiger partial charge in [-0.25, -0.2) is 4.98 Å². The zero-order chi connectivity index (χ0) is 13.1. The van der Waals surface area contributed by atoms with E-state index in [1.165, 1.54) is 12.8 Å². The van der Waals surface area contributed by atoms with Gasteiger partial charge in [0.2, 0.25) is 5.91 Å². The number of H-pyrrole nitrogens is 1. The predicted octanol–water partition coefficient (Wildman–Crippen LogP) is 2.41. The van der Waals surface area contributed by atoms with Crippen LogP contribution < -0.4 is 5.32 Å². The highest BCUT2D eigenvalue weighted by Gasteiger charge is 2.21. The first kappa shape index (κ1) is 12.2. The fourth-order valence-electron chi connectivity index (χ4n) is 2.76. The number of aromatic nitrogens is 2. The van der Waals surface area contributed by atoms with Gasteiger partial charge in [0.25, 0.3) is 0 Å². The van der Waals surface area contributed by atoms with Gasteiger partial charge < -0.3 is 10.3 Å². The monoisotopic (exact) mass is 257 g/mol. The van der Waals surface area contributed by atoms with Crippen LogP contribution in [0.4, 0.5) is 0 Å². The number of hydrogen-bond donors (Lipinski definition) is 2. The van der Waals surface area contributed by atoms with Crippen LogP contribution in [0.3, 0.4) is 0 Å². The molecule has 100 valence electrons. The van der Waals surface area contributed by atoms with E-state index in [4.69, 9.17) is 0 Å². The Morgan fingerprint density at radius 3 is 2.89 bits per heavy atom. The zero-order valence-electron chi connectivity index (χ0n) is 11.0. The molecule has 4 nitrogen and oxygen atoms in total. The van der Waals surface area contributed by atoms with Gasteiger partial charge in [-0.05, 0) is 25.0 Å². The number of imidazole rings is 1. The standard InChI is InChI=1S/C15H19N3O/c19-15(11-5-1-2-6-11)16-10-9-14-17-12-7-3-4-8-13(12)18-14/h3-4,7-8,11H,1-2,5-6,9-10H2,(H,16,19)(H,17,18). The second kappa shape index (κ2) is 5.43. The smallest absolute Gasteiger partial charge is 0.223 e. The first-order valence-corrected chi connectivity index (χ1v) is 7.04. The molecule has 0 bridgehead atoms. The molecular formula is C15H19N3O. The summed E-state index contributed by atoms with van der Waals surface area (Å²) in [6, 6.07) is 7.98. The number of aromatic amines is 1. The largest absolute Gasteiger partial charge is 0.355 e. The number of nitrogens with zero attached hydrogens (tertiary/aromatic N) is 1. The van der Waals surface area contributed by atoms with Crippen LogP contribution in [-0.4, -0.2) is 22.4 Å². The summed E-state index contributed by atoms with van der Waals surface area (Å²) >= 11 is 0. The molecular weight excluding hydrogens is 238 g/mol. The summed E-state index contributed by atoms with van der Waals surface area (Å²) in [7, 11) is 0. The molecule has 1 aliphatic carbocycles. The summed E-state index contributed by atoms with van der Waals surface area (Å²) in [4.78, 5) is 19.6. The molecule has 0 radical (unpaired) electrons. The maximum absolute atomic E-state index is 11.9. The van der Waals surface area contributed by atoms with Crippen LogP contribution >= 0.6 is 0 Å². The molecule has 0 atom stereocenters. The van der Waals surface area contributed by atoms with E-state index in [-0.39, 0.29) is 11.8 Å². The van der Waals surface area contributed by atoms with E-state index in [0.29, 0.717) is 6.54 Å². The highest BCUT2D eigenvalue weighted by Crippen LogP contribution is 2.24. The van der Waals surface area contributed by atoms with Gasteiger partial charge >= 0.3 is 0 Å². The van der Waals surface area contributed by atoms with Crippen LogP contribution in [0.2, 0.25) is 0 Å². The highest BCUT2D eigenvalue weighted by molar-refractivity contribution is 5.79. The third-order valence-electron chi connectivity index (χ3n) is 3.83. The molecule has 2 N–H and O–H groups in total. The van der Waals surface area contributed by atoms with Crippen LogP contribution in [0, 0.1) is 5.92 Å². The van der Waals surface area contributed by atoms with Crippen LogP contribution in [0.15, 0.2) is 24.3 Å². The number of benzene rings is 1.